The van der Waals surface area contributed by atoms with E-state index in [0.717, 1.165) is 0 Å². The molecule has 0 aliphatic carbocycles. The molecular weight excluding hydrogens is 1330 g/mol. The highest BCUT2D eigenvalue weighted by molar-refractivity contribution is 9.09. The van der Waals surface area contributed by atoms with Crippen molar-refractivity contribution in [1.82, 2.24) is 83.7 Å². The lowest BCUT2D eigenvalue weighted by Gasteiger charge is -2.62. The molecule has 2 aromatic rings. The molecule has 14 aliphatic rings. The molecule has 428 valence electrons. The summed E-state index contributed by atoms with van der Waals surface area (Å²) >= 11 is 13.8. The maximum Gasteiger partial charge on any atom is 0.327 e. The second-order valence-electron chi connectivity index (χ2n) is 22.3. The molecule has 16 rings (SSSR count). The predicted molar refractivity (Wildman–Crippen MR) is 287 cm³/mol. The average molecular weight is 1380 g/mol. The van der Waals surface area contributed by atoms with Crippen molar-refractivity contribution in [2.45, 2.75) is 87.6 Å². The van der Waals surface area contributed by atoms with Gasteiger partial charge < -0.3 is 18.9 Å². The van der Waals surface area contributed by atoms with E-state index in [4.69, 9.17) is 18.9 Å². The minimum atomic E-state index is -1.76. The molecule has 0 saturated carbocycles. The van der Waals surface area contributed by atoms with Crippen molar-refractivity contribution < 1.29 is 57.3 Å². The molecule has 0 atom stereocenters. The van der Waals surface area contributed by atoms with Gasteiger partial charge in [-0.2, -0.15) is 0 Å². The lowest BCUT2D eigenvalue weighted by molar-refractivity contribution is -0.238. The van der Waals surface area contributed by atoms with Gasteiger partial charge in [-0.15, -0.1) is 0 Å². The van der Waals surface area contributed by atoms with E-state index in [-0.39, 0.29) is 52.9 Å². The summed E-state index contributed by atoms with van der Waals surface area (Å²) in [6, 6.07) is 2.89. The molecule has 0 aromatic heterocycles. The molecule has 12 saturated heterocycles. The molecule has 12 fully saturated rings. The van der Waals surface area contributed by atoms with Gasteiger partial charge in [0.15, 0.2) is 36.0 Å². The predicted octanol–water partition coefficient (Wildman–Crippen LogP) is 2.84. The van der Waals surface area contributed by atoms with Crippen LogP contribution >= 0.6 is 63.7 Å². The fraction of sp³-hybridized carbons (Fsp3) is 0.583. The highest BCUT2D eigenvalue weighted by Crippen LogP contribution is 2.62. The van der Waals surface area contributed by atoms with E-state index in [1.165, 1.54) is 58.8 Å². The standard InChI is InChI=1S/C48H51Br4N17O12/c1-45-35-58-19-54-33-34-56(37(54)70)21-60-36-47-53-48-46(2)64(43(76)68(48)23-66(47)41(60)74)17-27-28(32(81-14-10-52)6-5-31(27)80-13-9-51)18-65(46)44(77)69(48)24-67(47)42(75)61(36)22-57(34)38(71)55(33)20-59(35)40(73)63(45)16-26-25(15-62(45)39(58)72)29(78-11-7-49)3-4-30(26)79-12-8-50/h3-6,33-36,53H,7-24H2,1-2H3/t33?,34-,35?,36+,45+,46-,47+,48-. The number of alkyl halides is 4. The van der Waals surface area contributed by atoms with Gasteiger partial charge in [0.2, 0.25) is 11.6 Å². The Morgan fingerprint density at radius 3 is 1.07 bits per heavy atom. The fourth-order valence-corrected chi connectivity index (χ4v) is 16.6. The Balaban J connectivity index is 0.763. The van der Waals surface area contributed by atoms with Crippen molar-refractivity contribution in [1.29, 1.82) is 0 Å². The summed E-state index contributed by atoms with van der Waals surface area (Å²) in [5.74, 6) is -1.35. The second kappa shape index (κ2) is 16.7. The van der Waals surface area contributed by atoms with Crippen LogP contribution in [-0.4, -0.2) is 262 Å². The molecule has 0 radical (unpaired) electrons. The maximum atomic E-state index is 15.5. The maximum absolute atomic E-state index is 15.5. The summed E-state index contributed by atoms with van der Waals surface area (Å²) in [7, 11) is 0. The molecule has 2 spiro atoms. The number of nitrogens with one attached hydrogen (secondary N) is 1. The molecule has 29 nitrogen and oxygen atoms in total. The molecule has 33 heteroatoms. The first-order valence-corrected chi connectivity index (χ1v) is 31.0. The Morgan fingerprint density at radius 2 is 0.728 bits per heavy atom. The number of rotatable bonds is 12. The molecule has 14 aliphatic heterocycles. The third-order valence-corrected chi connectivity index (χ3v) is 20.5. The van der Waals surface area contributed by atoms with E-state index in [1.54, 1.807) is 43.9 Å². The van der Waals surface area contributed by atoms with Crippen LogP contribution in [0.15, 0.2) is 24.3 Å². The number of hydrogen-bond acceptors (Lipinski definition) is 13. The Bertz CT molecular complexity index is 3110. The number of hydrogen-bond donors (Lipinski definition) is 1. The Hall–Kier alpha value is -6.32. The minimum Gasteiger partial charge on any atom is -0.492 e. The highest BCUT2D eigenvalue weighted by Gasteiger charge is 2.88. The molecule has 1 N–H and O–H groups in total. The van der Waals surface area contributed by atoms with Gasteiger partial charge in [-0.05, 0) is 38.1 Å². The number of halogens is 4. The first-order chi connectivity index (χ1) is 39.1. The summed E-state index contributed by atoms with van der Waals surface area (Å²) in [4.78, 5) is 147. The monoisotopic (exact) mass is 1370 g/mol. The number of urea groups is 8. The van der Waals surface area contributed by atoms with Crippen molar-refractivity contribution in [2.75, 3.05) is 87.8 Å². The lowest BCUT2D eigenvalue weighted by Crippen LogP contribution is -2.91. The second-order valence-corrected chi connectivity index (χ2v) is 25.5. The van der Waals surface area contributed by atoms with E-state index in [1.807, 2.05) is 13.8 Å². The van der Waals surface area contributed by atoms with Crippen LogP contribution in [0.5, 0.6) is 23.0 Å². The number of ether oxygens (including phenoxy) is 4. The molecule has 2 bridgehead atoms. The number of fused-ring (bicyclic) bond motifs is 2. The minimum absolute atomic E-state index is 0.00289. The number of amides is 16. The van der Waals surface area contributed by atoms with Crippen molar-refractivity contribution in [3.05, 3.63) is 46.5 Å². The van der Waals surface area contributed by atoms with Crippen LogP contribution in [0.3, 0.4) is 0 Å². The molecule has 81 heavy (non-hydrogen) atoms. The lowest BCUT2D eigenvalue weighted by atomic mass is 9.96. The van der Waals surface area contributed by atoms with Gasteiger partial charge in [0, 0.05) is 43.6 Å². The van der Waals surface area contributed by atoms with Crippen molar-refractivity contribution in [3.63, 3.8) is 0 Å². The van der Waals surface area contributed by atoms with Gasteiger partial charge in [-0.3, -0.25) is 78.4 Å². The SMILES string of the molecule is C[C@]12C3N4CN5C(=O)N6CN7C(=O)N8CN9C(=O)N%10Cc%11c(OCCBr)ccc(OCCBr)c%11CN%11C(=O)N%12CN%13C(=O)N(CN%14C(=O)N(CN3C(=O)N1Cc1c(OCCBr)ccc(OCCBr)c1CN2C4=O)C5[C@H]%146)[C@@H]7[C@@]8%13N[C@@]9%12[C@]%11%10C. The zero-order valence-electron chi connectivity index (χ0n) is 43.4. The topological polar surface area (TPSA) is 237 Å². The first-order valence-electron chi connectivity index (χ1n) is 26.6. The number of carbonyl (C=O) groups is 8. The van der Waals surface area contributed by atoms with Crippen LogP contribution in [0, 0.1) is 0 Å². The van der Waals surface area contributed by atoms with Gasteiger partial charge in [-0.1, -0.05) is 63.7 Å². The van der Waals surface area contributed by atoms with Crippen molar-refractivity contribution in [2.24, 2.45) is 0 Å². The largest absolute Gasteiger partial charge is 0.492 e. The van der Waals surface area contributed by atoms with Crippen molar-refractivity contribution >= 4 is 112 Å². The van der Waals surface area contributed by atoms with Crippen LogP contribution in [0.4, 0.5) is 38.4 Å². The number of carbonyl (C=O) groups excluding carboxylic acids is 8. The van der Waals surface area contributed by atoms with Gasteiger partial charge in [0.25, 0.3) is 0 Å². The molecular formula is C48H51Br4N17O12. The first kappa shape index (κ1) is 50.4. The van der Waals surface area contributed by atoms with Crippen LogP contribution in [0.1, 0.15) is 36.1 Å². The van der Waals surface area contributed by atoms with Gasteiger partial charge >= 0.3 is 48.2 Å². The van der Waals surface area contributed by atoms with E-state index >= 15 is 38.4 Å². The quantitative estimate of drug-likeness (QED) is 0.302. The third kappa shape index (κ3) is 5.66. The molecule has 14 heterocycles. The summed E-state index contributed by atoms with van der Waals surface area (Å²) in [6.45, 7) is 2.73. The molecule has 16 amide bonds. The smallest absolute Gasteiger partial charge is 0.327 e. The van der Waals surface area contributed by atoms with E-state index in [2.05, 4.69) is 69.0 Å². The molecule has 2 aromatic carbocycles. The van der Waals surface area contributed by atoms with Gasteiger partial charge in [-0.25, -0.2) is 43.7 Å². The Morgan fingerprint density at radius 1 is 0.407 bits per heavy atom. The van der Waals surface area contributed by atoms with Gasteiger partial charge in [0.1, 0.15) is 63.0 Å². The van der Waals surface area contributed by atoms with Crippen LogP contribution in [0.2, 0.25) is 0 Å². The van der Waals surface area contributed by atoms with E-state index < -0.39 is 109 Å². The summed E-state index contributed by atoms with van der Waals surface area (Å²) in [6.07, 6.45) is -4.43. The zero-order valence-corrected chi connectivity index (χ0v) is 49.8. The number of benzene rings is 2. The van der Waals surface area contributed by atoms with Crippen molar-refractivity contribution in [3.8, 4) is 23.0 Å². The van der Waals surface area contributed by atoms with Gasteiger partial charge in [0.05, 0.1) is 52.6 Å². The third-order valence-electron chi connectivity index (χ3n) is 19.2. The fourth-order valence-electron chi connectivity index (χ4n) is 15.9. The zero-order chi connectivity index (χ0) is 55.9. The van der Waals surface area contributed by atoms with E-state index in [0.29, 0.717) is 93.0 Å². The average Bonchev–Trinajstić information content (AvgIpc) is 1.53. The van der Waals surface area contributed by atoms with Crippen LogP contribution in [-0.2, 0) is 26.2 Å². The van der Waals surface area contributed by atoms with E-state index in [9.17, 15) is 0 Å². The molecule has 0 unspecified atom stereocenters. The Labute approximate surface area is 494 Å². The van der Waals surface area contributed by atoms with Crippen LogP contribution < -0.4 is 24.3 Å². The van der Waals surface area contributed by atoms with Crippen LogP contribution in [0.25, 0.3) is 0 Å². The number of nitrogens with zero attached hydrogens (tertiary/aromatic N) is 16. The summed E-state index contributed by atoms with van der Waals surface area (Å²) in [5, 5.41) is 5.84. The normalized spacial score (nSPS) is 32.9. The summed E-state index contributed by atoms with van der Waals surface area (Å²) < 4.78 is 24.9. The Kier molecular flexibility index (Phi) is 10.4. The summed E-state index contributed by atoms with van der Waals surface area (Å²) in [5.41, 5.74) is -0.134. The highest BCUT2D eigenvalue weighted by atomic mass is 79.9.